The zero-order valence-electron chi connectivity index (χ0n) is 10.3. The summed E-state index contributed by atoms with van der Waals surface area (Å²) in [4.78, 5) is 29.9. The maximum Gasteiger partial charge on any atom is 0.311 e. The van der Waals surface area contributed by atoms with Gasteiger partial charge in [0.2, 0.25) is 5.82 Å². The smallest absolute Gasteiger partial charge is 0.301 e. The van der Waals surface area contributed by atoms with Crippen LogP contribution >= 0.6 is 11.6 Å². The predicted octanol–water partition coefficient (Wildman–Crippen LogP) is 2.60. The molecule has 2 aromatic heterocycles. The monoisotopic (exact) mass is 292 g/mol. The SMILES string of the molecule is Cc1ccc(C(=O)Nc2nc(Cl)ccc2[N+](=O)[O-])cn1. The van der Waals surface area contributed by atoms with Crippen LogP contribution in [0.4, 0.5) is 11.5 Å². The lowest BCUT2D eigenvalue weighted by Gasteiger charge is -2.05. The number of hydrogen-bond acceptors (Lipinski definition) is 5. The van der Waals surface area contributed by atoms with Crippen LogP contribution in [0.3, 0.4) is 0 Å². The Kier molecular flexibility index (Phi) is 3.90. The molecule has 0 fully saturated rings. The van der Waals surface area contributed by atoms with Crippen LogP contribution in [-0.2, 0) is 0 Å². The summed E-state index contributed by atoms with van der Waals surface area (Å²) in [6.45, 7) is 1.78. The van der Waals surface area contributed by atoms with Crippen molar-refractivity contribution in [2.75, 3.05) is 5.32 Å². The minimum Gasteiger partial charge on any atom is -0.301 e. The van der Waals surface area contributed by atoms with Crippen molar-refractivity contribution in [1.82, 2.24) is 9.97 Å². The molecule has 0 saturated carbocycles. The first-order valence-electron chi connectivity index (χ1n) is 5.52. The molecule has 20 heavy (non-hydrogen) atoms. The Bertz CT molecular complexity index is 673. The molecule has 7 nitrogen and oxygen atoms in total. The second kappa shape index (κ2) is 5.62. The average molecular weight is 293 g/mol. The van der Waals surface area contributed by atoms with Crippen molar-refractivity contribution in [3.05, 3.63) is 57.0 Å². The van der Waals surface area contributed by atoms with Crippen LogP contribution < -0.4 is 5.32 Å². The molecule has 8 heteroatoms. The van der Waals surface area contributed by atoms with Gasteiger partial charge in [-0.3, -0.25) is 19.9 Å². The number of anilines is 1. The van der Waals surface area contributed by atoms with Crippen molar-refractivity contribution in [1.29, 1.82) is 0 Å². The first-order valence-corrected chi connectivity index (χ1v) is 5.90. The normalized spacial score (nSPS) is 10.1. The number of halogens is 1. The number of rotatable bonds is 3. The van der Waals surface area contributed by atoms with Gasteiger partial charge < -0.3 is 5.32 Å². The predicted molar refractivity (Wildman–Crippen MR) is 72.8 cm³/mol. The number of amides is 1. The van der Waals surface area contributed by atoms with Crippen molar-refractivity contribution in [3.8, 4) is 0 Å². The molecule has 0 aliphatic heterocycles. The molecule has 0 spiro atoms. The van der Waals surface area contributed by atoms with Gasteiger partial charge in [-0.05, 0) is 25.1 Å². The minimum absolute atomic E-state index is 0.0490. The Morgan fingerprint density at radius 1 is 1.35 bits per heavy atom. The van der Waals surface area contributed by atoms with E-state index in [1.807, 2.05) is 0 Å². The maximum absolute atomic E-state index is 12.0. The third-order valence-electron chi connectivity index (χ3n) is 2.44. The number of nitro groups is 1. The Balaban J connectivity index is 2.29. The summed E-state index contributed by atoms with van der Waals surface area (Å²) in [5.41, 5.74) is 0.697. The van der Waals surface area contributed by atoms with Gasteiger partial charge in [0.1, 0.15) is 5.15 Å². The fraction of sp³-hybridized carbons (Fsp3) is 0.0833. The van der Waals surface area contributed by atoms with E-state index >= 15 is 0 Å². The second-order valence-electron chi connectivity index (χ2n) is 3.90. The van der Waals surface area contributed by atoms with Crippen molar-refractivity contribution in [3.63, 3.8) is 0 Å². The molecule has 0 radical (unpaired) electrons. The highest BCUT2D eigenvalue weighted by Gasteiger charge is 2.18. The molecule has 2 heterocycles. The van der Waals surface area contributed by atoms with E-state index in [1.54, 1.807) is 19.1 Å². The van der Waals surface area contributed by atoms with E-state index in [2.05, 4.69) is 15.3 Å². The Hall–Kier alpha value is -2.54. The van der Waals surface area contributed by atoms with Crippen molar-refractivity contribution < 1.29 is 9.72 Å². The van der Waals surface area contributed by atoms with E-state index in [-0.39, 0.29) is 22.2 Å². The summed E-state index contributed by atoms with van der Waals surface area (Å²) in [6.07, 6.45) is 1.38. The molecule has 0 aliphatic rings. The molecular weight excluding hydrogens is 284 g/mol. The molecule has 1 N–H and O–H groups in total. The summed E-state index contributed by atoms with van der Waals surface area (Å²) >= 11 is 5.67. The molecule has 0 aliphatic carbocycles. The summed E-state index contributed by atoms with van der Waals surface area (Å²) in [7, 11) is 0. The van der Waals surface area contributed by atoms with Crippen LogP contribution in [0.1, 0.15) is 16.1 Å². The van der Waals surface area contributed by atoms with Gasteiger partial charge in [-0.25, -0.2) is 4.98 Å². The first-order chi connectivity index (χ1) is 9.47. The minimum atomic E-state index is -0.646. The van der Waals surface area contributed by atoms with Crippen molar-refractivity contribution in [2.24, 2.45) is 0 Å². The molecule has 2 rings (SSSR count). The van der Waals surface area contributed by atoms with Gasteiger partial charge in [0.05, 0.1) is 10.5 Å². The fourth-order valence-corrected chi connectivity index (χ4v) is 1.60. The summed E-state index contributed by atoms with van der Waals surface area (Å²) < 4.78 is 0. The topological polar surface area (TPSA) is 98.0 Å². The van der Waals surface area contributed by atoms with E-state index in [9.17, 15) is 14.9 Å². The molecular formula is C12H9ClN4O3. The van der Waals surface area contributed by atoms with Crippen LogP contribution in [-0.4, -0.2) is 20.8 Å². The Labute approximate surface area is 118 Å². The van der Waals surface area contributed by atoms with E-state index in [1.165, 1.54) is 18.3 Å². The Morgan fingerprint density at radius 3 is 2.70 bits per heavy atom. The van der Waals surface area contributed by atoms with Crippen LogP contribution in [0.25, 0.3) is 0 Å². The van der Waals surface area contributed by atoms with Gasteiger partial charge in [0, 0.05) is 18.0 Å². The number of nitrogens with one attached hydrogen (secondary N) is 1. The van der Waals surface area contributed by atoms with Gasteiger partial charge in [0.15, 0.2) is 0 Å². The molecule has 0 unspecified atom stereocenters. The van der Waals surface area contributed by atoms with Crippen LogP contribution in [0, 0.1) is 17.0 Å². The summed E-state index contributed by atoms with van der Waals surface area (Å²) in [5.74, 6) is -0.747. The zero-order valence-corrected chi connectivity index (χ0v) is 11.1. The van der Waals surface area contributed by atoms with Gasteiger partial charge >= 0.3 is 5.69 Å². The third-order valence-corrected chi connectivity index (χ3v) is 2.65. The second-order valence-corrected chi connectivity index (χ2v) is 4.29. The average Bonchev–Trinajstić information content (AvgIpc) is 2.39. The van der Waals surface area contributed by atoms with Crippen LogP contribution in [0.15, 0.2) is 30.5 Å². The quantitative estimate of drug-likeness (QED) is 0.532. The van der Waals surface area contributed by atoms with E-state index in [0.29, 0.717) is 0 Å². The summed E-state index contributed by atoms with van der Waals surface area (Å²) in [6, 6.07) is 5.68. The van der Waals surface area contributed by atoms with Crippen molar-refractivity contribution in [2.45, 2.75) is 6.92 Å². The molecule has 1 amide bonds. The lowest BCUT2D eigenvalue weighted by Crippen LogP contribution is -2.14. The standard InChI is InChI=1S/C12H9ClN4O3/c1-7-2-3-8(6-14-7)12(18)16-11-9(17(19)20)4-5-10(13)15-11/h2-6H,1H3,(H,15,16,18). The number of carbonyl (C=O) groups excluding carboxylic acids is 1. The highest BCUT2D eigenvalue weighted by molar-refractivity contribution is 6.29. The number of aromatic nitrogens is 2. The summed E-state index contributed by atoms with van der Waals surface area (Å²) in [5, 5.41) is 13.3. The van der Waals surface area contributed by atoms with Crippen LogP contribution in [0.2, 0.25) is 5.15 Å². The fourth-order valence-electron chi connectivity index (χ4n) is 1.45. The number of carbonyl (C=O) groups is 1. The largest absolute Gasteiger partial charge is 0.311 e. The maximum atomic E-state index is 12.0. The highest BCUT2D eigenvalue weighted by Crippen LogP contribution is 2.24. The number of hydrogen-bond donors (Lipinski definition) is 1. The van der Waals surface area contributed by atoms with E-state index < -0.39 is 10.8 Å². The lowest BCUT2D eigenvalue weighted by atomic mass is 10.2. The Morgan fingerprint density at radius 2 is 2.10 bits per heavy atom. The lowest BCUT2D eigenvalue weighted by molar-refractivity contribution is -0.384. The first kappa shape index (κ1) is 13.9. The van der Waals surface area contributed by atoms with Crippen LogP contribution in [0.5, 0.6) is 0 Å². The highest BCUT2D eigenvalue weighted by atomic mass is 35.5. The van der Waals surface area contributed by atoms with Gasteiger partial charge in [-0.1, -0.05) is 11.6 Å². The molecule has 0 bridgehead atoms. The molecule has 2 aromatic rings. The molecule has 0 atom stereocenters. The van der Waals surface area contributed by atoms with Gasteiger partial charge in [0.25, 0.3) is 5.91 Å². The van der Waals surface area contributed by atoms with Crippen molar-refractivity contribution >= 4 is 29.0 Å². The van der Waals surface area contributed by atoms with Gasteiger partial charge in [-0.2, -0.15) is 0 Å². The van der Waals surface area contributed by atoms with E-state index in [0.717, 1.165) is 5.69 Å². The molecule has 0 aromatic carbocycles. The zero-order chi connectivity index (χ0) is 14.7. The van der Waals surface area contributed by atoms with Gasteiger partial charge in [-0.15, -0.1) is 0 Å². The third kappa shape index (κ3) is 3.07. The molecule has 0 saturated heterocycles. The van der Waals surface area contributed by atoms with E-state index in [4.69, 9.17) is 11.6 Å². The number of pyridine rings is 2. The number of aryl methyl sites for hydroxylation is 1. The molecule has 102 valence electrons. The number of nitrogens with zero attached hydrogens (tertiary/aromatic N) is 3.